The standard InChI is InChI=1S/C7H13NO3/c1-6(2)10-5-7(3,11-6)4-8-9/h4,9H,5H2,1-3H3/b8-4+. The van der Waals surface area contributed by atoms with Gasteiger partial charge >= 0.3 is 0 Å². The molecule has 0 aromatic carbocycles. The third kappa shape index (κ3) is 1.91. The molecule has 0 aliphatic carbocycles. The van der Waals surface area contributed by atoms with Crippen LogP contribution in [0.2, 0.25) is 0 Å². The normalized spacial score (nSPS) is 36.6. The zero-order chi connectivity index (χ0) is 8.54. The molecule has 1 saturated heterocycles. The van der Waals surface area contributed by atoms with Crippen LogP contribution in [-0.2, 0) is 9.47 Å². The van der Waals surface area contributed by atoms with Gasteiger partial charge in [-0.25, -0.2) is 0 Å². The molecule has 1 rings (SSSR count). The van der Waals surface area contributed by atoms with Crippen molar-refractivity contribution in [3.05, 3.63) is 0 Å². The first kappa shape index (κ1) is 8.49. The lowest BCUT2D eigenvalue weighted by Gasteiger charge is -2.20. The van der Waals surface area contributed by atoms with Crippen LogP contribution in [0.3, 0.4) is 0 Å². The summed E-state index contributed by atoms with van der Waals surface area (Å²) in [5.74, 6) is -0.573. The maximum absolute atomic E-state index is 8.30. The lowest BCUT2D eigenvalue weighted by Crippen LogP contribution is -2.32. The zero-order valence-electron chi connectivity index (χ0n) is 7.00. The van der Waals surface area contributed by atoms with Crippen LogP contribution in [0.5, 0.6) is 0 Å². The third-order valence-electron chi connectivity index (χ3n) is 1.52. The molecule has 0 radical (unpaired) electrons. The summed E-state index contributed by atoms with van der Waals surface area (Å²) >= 11 is 0. The van der Waals surface area contributed by atoms with E-state index in [1.54, 1.807) is 0 Å². The predicted molar refractivity (Wildman–Crippen MR) is 39.8 cm³/mol. The Hall–Kier alpha value is -0.610. The highest BCUT2D eigenvalue weighted by Crippen LogP contribution is 2.28. The van der Waals surface area contributed by atoms with Gasteiger partial charge in [-0.1, -0.05) is 5.16 Å². The van der Waals surface area contributed by atoms with Crippen molar-refractivity contribution in [1.29, 1.82) is 0 Å². The molecule has 1 unspecified atom stereocenters. The minimum Gasteiger partial charge on any atom is -0.411 e. The van der Waals surface area contributed by atoms with Gasteiger partial charge in [0.15, 0.2) is 5.79 Å². The Bertz CT molecular complexity index is 179. The van der Waals surface area contributed by atoms with Crippen LogP contribution >= 0.6 is 0 Å². The summed E-state index contributed by atoms with van der Waals surface area (Å²) in [5.41, 5.74) is -0.585. The van der Waals surface area contributed by atoms with E-state index < -0.39 is 11.4 Å². The van der Waals surface area contributed by atoms with Crippen LogP contribution in [-0.4, -0.2) is 29.4 Å². The molecule has 1 heterocycles. The maximum Gasteiger partial charge on any atom is 0.164 e. The summed E-state index contributed by atoms with van der Waals surface area (Å²) in [6, 6.07) is 0. The minimum absolute atomic E-state index is 0.421. The van der Waals surface area contributed by atoms with E-state index in [4.69, 9.17) is 14.7 Å². The smallest absolute Gasteiger partial charge is 0.164 e. The minimum atomic E-state index is -0.585. The summed E-state index contributed by atoms with van der Waals surface area (Å²) in [7, 11) is 0. The molecule has 1 atom stereocenters. The second-order valence-corrected chi connectivity index (χ2v) is 3.35. The highest BCUT2D eigenvalue weighted by atomic mass is 16.8. The first-order valence-electron chi connectivity index (χ1n) is 3.50. The van der Waals surface area contributed by atoms with E-state index in [0.29, 0.717) is 6.61 Å². The molecule has 4 heteroatoms. The van der Waals surface area contributed by atoms with Gasteiger partial charge < -0.3 is 14.7 Å². The van der Waals surface area contributed by atoms with E-state index in [9.17, 15) is 0 Å². The van der Waals surface area contributed by atoms with E-state index in [2.05, 4.69) is 5.16 Å². The fourth-order valence-corrected chi connectivity index (χ4v) is 1.12. The van der Waals surface area contributed by atoms with Gasteiger partial charge in [-0.15, -0.1) is 0 Å². The Morgan fingerprint density at radius 1 is 1.45 bits per heavy atom. The highest BCUT2D eigenvalue weighted by Gasteiger charge is 2.40. The Morgan fingerprint density at radius 2 is 2.09 bits per heavy atom. The van der Waals surface area contributed by atoms with Gasteiger partial charge in [0.25, 0.3) is 0 Å². The number of rotatable bonds is 1. The predicted octanol–water partition coefficient (Wildman–Crippen LogP) is 0.988. The van der Waals surface area contributed by atoms with Crippen molar-refractivity contribution in [2.24, 2.45) is 5.16 Å². The highest BCUT2D eigenvalue weighted by molar-refractivity contribution is 5.68. The first-order valence-corrected chi connectivity index (χ1v) is 3.50. The molecule has 4 nitrogen and oxygen atoms in total. The van der Waals surface area contributed by atoms with Crippen LogP contribution in [0.15, 0.2) is 5.16 Å². The van der Waals surface area contributed by atoms with Gasteiger partial charge in [0, 0.05) is 0 Å². The summed E-state index contributed by atoms with van der Waals surface area (Å²) in [6.07, 6.45) is 1.34. The maximum atomic E-state index is 8.30. The number of hydrogen-bond acceptors (Lipinski definition) is 4. The second kappa shape index (κ2) is 2.46. The van der Waals surface area contributed by atoms with Crippen molar-refractivity contribution < 1.29 is 14.7 Å². The molecular weight excluding hydrogens is 146 g/mol. The van der Waals surface area contributed by atoms with Crippen molar-refractivity contribution in [1.82, 2.24) is 0 Å². The van der Waals surface area contributed by atoms with E-state index in [0.717, 1.165) is 0 Å². The summed E-state index contributed by atoms with van der Waals surface area (Å²) in [4.78, 5) is 0. The molecule has 1 N–H and O–H groups in total. The van der Waals surface area contributed by atoms with E-state index in [1.807, 2.05) is 20.8 Å². The largest absolute Gasteiger partial charge is 0.411 e. The zero-order valence-corrected chi connectivity index (χ0v) is 7.00. The van der Waals surface area contributed by atoms with Crippen LogP contribution in [0.25, 0.3) is 0 Å². The van der Waals surface area contributed by atoms with Gasteiger partial charge in [-0.05, 0) is 20.8 Å². The molecule has 0 aromatic rings. The second-order valence-electron chi connectivity index (χ2n) is 3.35. The van der Waals surface area contributed by atoms with E-state index >= 15 is 0 Å². The Balaban J connectivity index is 2.65. The van der Waals surface area contributed by atoms with Crippen LogP contribution in [0.4, 0.5) is 0 Å². The molecule has 1 aliphatic rings. The van der Waals surface area contributed by atoms with Gasteiger partial charge in [0.1, 0.15) is 5.60 Å². The summed E-state index contributed by atoms with van der Waals surface area (Å²) < 4.78 is 10.7. The number of oxime groups is 1. The monoisotopic (exact) mass is 159 g/mol. The Labute approximate surface area is 65.8 Å². The number of hydrogen-bond donors (Lipinski definition) is 1. The lowest BCUT2D eigenvalue weighted by molar-refractivity contribution is -0.144. The topological polar surface area (TPSA) is 51.1 Å². The van der Waals surface area contributed by atoms with Crippen LogP contribution in [0, 0.1) is 0 Å². The number of ether oxygens (including phenoxy) is 2. The van der Waals surface area contributed by atoms with Gasteiger partial charge in [0.05, 0.1) is 12.8 Å². The first-order chi connectivity index (χ1) is 4.97. The van der Waals surface area contributed by atoms with Crippen molar-refractivity contribution >= 4 is 6.21 Å². The SMILES string of the molecule is CC1(/C=N/O)COC(C)(C)O1. The van der Waals surface area contributed by atoms with Crippen LogP contribution < -0.4 is 0 Å². The fourth-order valence-electron chi connectivity index (χ4n) is 1.12. The molecule has 0 saturated carbocycles. The van der Waals surface area contributed by atoms with Gasteiger partial charge in [-0.3, -0.25) is 0 Å². The Morgan fingerprint density at radius 3 is 2.45 bits per heavy atom. The molecule has 0 bridgehead atoms. The molecule has 0 amide bonds. The summed E-state index contributed by atoms with van der Waals surface area (Å²) in [6.45, 7) is 5.87. The molecule has 1 aliphatic heterocycles. The van der Waals surface area contributed by atoms with E-state index in [1.165, 1.54) is 6.21 Å². The van der Waals surface area contributed by atoms with Crippen molar-refractivity contribution in [2.45, 2.75) is 32.2 Å². The lowest BCUT2D eigenvalue weighted by atomic mass is 10.1. The van der Waals surface area contributed by atoms with Crippen molar-refractivity contribution in [3.8, 4) is 0 Å². The fraction of sp³-hybridized carbons (Fsp3) is 0.857. The number of nitrogens with zero attached hydrogens (tertiary/aromatic N) is 1. The molecule has 1 fully saturated rings. The molecule has 64 valence electrons. The van der Waals surface area contributed by atoms with Crippen LogP contribution in [0.1, 0.15) is 20.8 Å². The van der Waals surface area contributed by atoms with E-state index in [-0.39, 0.29) is 0 Å². The van der Waals surface area contributed by atoms with Crippen molar-refractivity contribution in [3.63, 3.8) is 0 Å². The molecule has 11 heavy (non-hydrogen) atoms. The average molecular weight is 159 g/mol. The Kier molecular flexibility index (Phi) is 1.90. The third-order valence-corrected chi connectivity index (χ3v) is 1.52. The van der Waals surface area contributed by atoms with Gasteiger partial charge in [-0.2, -0.15) is 0 Å². The van der Waals surface area contributed by atoms with Gasteiger partial charge in [0.2, 0.25) is 0 Å². The summed E-state index contributed by atoms with van der Waals surface area (Å²) in [5, 5.41) is 11.2. The average Bonchev–Trinajstić information content (AvgIpc) is 2.07. The molecule has 0 aromatic heterocycles. The molecule has 0 spiro atoms. The van der Waals surface area contributed by atoms with Crippen molar-refractivity contribution in [2.75, 3.05) is 6.61 Å². The molecular formula is C7H13NO3. The quantitative estimate of drug-likeness (QED) is 0.352.